The lowest BCUT2D eigenvalue weighted by molar-refractivity contribution is 0.0925. The van der Waals surface area contributed by atoms with Gasteiger partial charge in [0, 0.05) is 5.56 Å². The van der Waals surface area contributed by atoms with Crippen molar-refractivity contribution in [3.8, 4) is 0 Å². The molecule has 0 aliphatic rings. The van der Waals surface area contributed by atoms with Gasteiger partial charge in [0.15, 0.2) is 0 Å². The van der Waals surface area contributed by atoms with E-state index in [0.717, 1.165) is 11.1 Å². The fourth-order valence-corrected chi connectivity index (χ4v) is 2.35. The molecular weight excluding hydrogens is 288 g/mol. The Morgan fingerprint density at radius 3 is 2.30 bits per heavy atom. The van der Waals surface area contributed by atoms with Crippen LogP contribution in [0, 0.1) is 5.92 Å². The van der Waals surface area contributed by atoms with E-state index in [0.29, 0.717) is 11.5 Å². The molecule has 0 radical (unpaired) electrons. The van der Waals surface area contributed by atoms with Gasteiger partial charge in [-0.05, 0) is 29.2 Å². The third-order valence-electron chi connectivity index (χ3n) is 3.59. The number of benzene rings is 2. The van der Waals surface area contributed by atoms with Crippen molar-refractivity contribution in [3.63, 3.8) is 0 Å². The maximum absolute atomic E-state index is 12.5. The molecule has 0 saturated carbocycles. The highest BCUT2D eigenvalue weighted by molar-refractivity contribution is 5.95. The molecule has 2 aromatic rings. The van der Waals surface area contributed by atoms with Gasteiger partial charge in [-0.15, -0.1) is 0 Å². The highest BCUT2D eigenvalue weighted by Crippen LogP contribution is 2.21. The summed E-state index contributed by atoms with van der Waals surface area (Å²) in [6.45, 7) is 4.20. The van der Waals surface area contributed by atoms with Crippen LogP contribution >= 0.6 is 0 Å². The summed E-state index contributed by atoms with van der Waals surface area (Å²) < 4.78 is 0. The molecule has 1 atom stereocenters. The second kappa shape index (κ2) is 8.13. The Balaban J connectivity index is 2.11. The minimum absolute atomic E-state index is 0.0153. The zero-order valence-electron chi connectivity index (χ0n) is 13.7. The van der Waals surface area contributed by atoms with Gasteiger partial charge in [0.1, 0.15) is 7.11 Å². The smallest absolute Gasteiger partial charge is 0.251 e. The fraction of sp³-hybridized carbons (Fsp3) is 0.263. The SMILES string of the molecule is CO/N=C/c1ccc(C(=O)NC(c2ccccc2)C(C)C)cc1. The number of nitrogens with one attached hydrogen (secondary N) is 1. The van der Waals surface area contributed by atoms with Crippen molar-refractivity contribution < 1.29 is 9.63 Å². The predicted molar refractivity (Wildman–Crippen MR) is 92.5 cm³/mol. The third-order valence-corrected chi connectivity index (χ3v) is 3.59. The van der Waals surface area contributed by atoms with Crippen LogP contribution in [-0.4, -0.2) is 19.2 Å². The molecule has 0 aliphatic heterocycles. The molecule has 23 heavy (non-hydrogen) atoms. The van der Waals surface area contributed by atoms with E-state index < -0.39 is 0 Å². The van der Waals surface area contributed by atoms with Crippen LogP contribution in [0.5, 0.6) is 0 Å². The number of oxime groups is 1. The summed E-state index contributed by atoms with van der Waals surface area (Å²) in [5.41, 5.74) is 2.62. The fourth-order valence-electron chi connectivity index (χ4n) is 2.35. The number of hydrogen-bond acceptors (Lipinski definition) is 3. The maximum atomic E-state index is 12.5. The van der Waals surface area contributed by atoms with Crippen molar-refractivity contribution in [2.45, 2.75) is 19.9 Å². The second-order valence-electron chi connectivity index (χ2n) is 5.64. The molecule has 4 heteroatoms. The molecule has 1 unspecified atom stereocenters. The van der Waals surface area contributed by atoms with E-state index in [1.54, 1.807) is 18.3 Å². The van der Waals surface area contributed by atoms with E-state index >= 15 is 0 Å². The molecule has 0 fully saturated rings. The average Bonchev–Trinajstić information content (AvgIpc) is 2.58. The van der Waals surface area contributed by atoms with Crippen LogP contribution < -0.4 is 5.32 Å². The van der Waals surface area contributed by atoms with Crippen LogP contribution in [0.1, 0.15) is 41.4 Å². The van der Waals surface area contributed by atoms with E-state index in [1.807, 2.05) is 42.5 Å². The van der Waals surface area contributed by atoms with Gasteiger partial charge in [0.05, 0.1) is 12.3 Å². The maximum Gasteiger partial charge on any atom is 0.251 e. The number of carbonyl (C=O) groups is 1. The first-order valence-corrected chi connectivity index (χ1v) is 7.64. The lowest BCUT2D eigenvalue weighted by atomic mass is 9.95. The molecule has 120 valence electrons. The summed E-state index contributed by atoms with van der Waals surface area (Å²) in [6, 6.07) is 17.3. The van der Waals surface area contributed by atoms with Gasteiger partial charge < -0.3 is 10.2 Å². The molecule has 0 spiro atoms. The van der Waals surface area contributed by atoms with E-state index in [1.165, 1.54) is 7.11 Å². The summed E-state index contributed by atoms with van der Waals surface area (Å²) in [5.74, 6) is 0.220. The molecule has 2 aromatic carbocycles. The van der Waals surface area contributed by atoms with Crippen molar-refractivity contribution in [2.24, 2.45) is 11.1 Å². The predicted octanol–water partition coefficient (Wildman–Crippen LogP) is 3.79. The lowest BCUT2D eigenvalue weighted by Crippen LogP contribution is -2.31. The quantitative estimate of drug-likeness (QED) is 0.652. The Kier molecular flexibility index (Phi) is 5.92. The molecule has 0 aliphatic carbocycles. The third kappa shape index (κ3) is 4.68. The van der Waals surface area contributed by atoms with E-state index in [9.17, 15) is 4.79 Å². The summed E-state index contributed by atoms with van der Waals surface area (Å²) in [4.78, 5) is 17.1. The first-order valence-electron chi connectivity index (χ1n) is 7.64. The van der Waals surface area contributed by atoms with Crippen LogP contribution in [0.25, 0.3) is 0 Å². The minimum atomic E-state index is -0.0808. The number of hydrogen-bond donors (Lipinski definition) is 1. The normalized spacial score (nSPS) is 12.3. The van der Waals surface area contributed by atoms with Crippen molar-refractivity contribution >= 4 is 12.1 Å². The Labute approximate surface area is 137 Å². The van der Waals surface area contributed by atoms with Gasteiger partial charge in [0.2, 0.25) is 0 Å². The molecule has 4 nitrogen and oxygen atoms in total. The zero-order valence-corrected chi connectivity index (χ0v) is 13.7. The molecule has 0 bridgehead atoms. The molecule has 0 aromatic heterocycles. The van der Waals surface area contributed by atoms with Crippen LogP contribution in [0.15, 0.2) is 59.8 Å². The van der Waals surface area contributed by atoms with Crippen LogP contribution in [-0.2, 0) is 4.84 Å². The average molecular weight is 310 g/mol. The van der Waals surface area contributed by atoms with Crippen LogP contribution in [0.2, 0.25) is 0 Å². The van der Waals surface area contributed by atoms with Gasteiger partial charge in [-0.1, -0.05) is 61.5 Å². The topological polar surface area (TPSA) is 50.7 Å². The number of carbonyl (C=O) groups excluding carboxylic acids is 1. The summed E-state index contributed by atoms with van der Waals surface area (Å²) in [6.07, 6.45) is 1.60. The first kappa shape index (κ1) is 16.7. The molecule has 0 heterocycles. The van der Waals surface area contributed by atoms with Crippen LogP contribution in [0.3, 0.4) is 0 Å². The molecule has 1 amide bonds. The highest BCUT2D eigenvalue weighted by Gasteiger charge is 2.18. The summed E-state index contributed by atoms with van der Waals surface area (Å²) in [5, 5.41) is 6.82. The van der Waals surface area contributed by atoms with Gasteiger partial charge in [0.25, 0.3) is 5.91 Å². The van der Waals surface area contributed by atoms with Gasteiger partial charge >= 0.3 is 0 Å². The number of rotatable bonds is 6. The van der Waals surface area contributed by atoms with Crippen molar-refractivity contribution in [2.75, 3.05) is 7.11 Å². The van der Waals surface area contributed by atoms with E-state index in [-0.39, 0.29) is 11.9 Å². The van der Waals surface area contributed by atoms with Crippen LogP contribution in [0.4, 0.5) is 0 Å². The minimum Gasteiger partial charge on any atom is -0.399 e. The molecular formula is C19H22N2O2. The Morgan fingerprint density at radius 1 is 1.09 bits per heavy atom. The zero-order chi connectivity index (χ0) is 16.7. The van der Waals surface area contributed by atoms with E-state index in [4.69, 9.17) is 0 Å². The van der Waals surface area contributed by atoms with Crippen molar-refractivity contribution in [1.29, 1.82) is 0 Å². The molecule has 1 N–H and O–H groups in total. The lowest BCUT2D eigenvalue weighted by Gasteiger charge is -2.23. The monoisotopic (exact) mass is 310 g/mol. The van der Waals surface area contributed by atoms with Gasteiger partial charge in [-0.3, -0.25) is 4.79 Å². The standard InChI is InChI=1S/C19H22N2O2/c1-14(2)18(16-7-5-4-6-8-16)21-19(22)17-11-9-15(10-12-17)13-20-23-3/h4-14,18H,1-3H3,(H,21,22)/b20-13+. The second-order valence-corrected chi connectivity index (χ2v) is 5.64. The van der Waals surface area contributed by atoms with E-state index in [2.05, 4.69) is 29.2 Å². The van der Waals surface area contributed by atoms with Gasteiger partial charge in [-0.25, -0.2) is 0 Å². The number of amides is 1. The first-order chi connectivity index (χ1) is 11.1. The Morgan fingerprint density at radius 2 is 1.74 bits per heavy atom. The Hall–Kier alpha value is -2.62. The van der Waals surface area contributed by atoms with Crippen molar-refractivity contribution in [1.82, 2.24) is 5.32 Å². The largest absolute Gasteiger partial charge is 0.399 e. The summed E-state index contributed by atoms with van der Waals surface area (Å²) >= 11 is 0. The molecule has 0 saturated heterocycles. The van der Waals surface area contributed by atoms with Gasteiger partial charge in [-0.2, -0.15) is 0 Å². The number of nitrogens with zero attached hydrogens (tertiary/aromatic N) is 1. The summed E-state index contributed by atoms with van der Waals surface area (Å²) in [7, 11) is 1.49. The Bertz CT molecular complexity index is 649. The highest BCUT2D eigenvalue weighted by atomic mass is 16.6. The van der Waals surface area contributed by atoms with Crippen molar-refractivity contribution in [3.05, 3.63) is 71.3 Å². The molecule has 2 rings (SSSR count).